The Hall–Kier alpha value is -2.64. The smallest absolute Gasteiger partial charge is 0.159 e. The van der Waals surface area contributed by atoms with Gasteiger partial charge in [-0.05, 0) is 43.2 Å². The molecule has 0 amide bonds. The molecule has 1 aromatic heterocycles. The summed E-state index contributed by atoms with van der Waals surface area (Å²) < 4.78 is 30.9. The Morgan fingerprint density at radius 1 is 1.11 bits per heavy atom. The largest absolute Gasteiger partial charge is 0.307 e. The van der Waals surface area contributed by atoms with Crippen LogP contribution in [0.25, 0.3) is 5.69 Å². The molecule has 2 aliphatic rings. The van der Waals surface area contributed by atoms with E-state index in [0.29, 0.717) is 34.7 Å². The predicted molar refractivity (Wildman–Crippen MR) is 102 cm³/mol. The van der Waals surface area contributed by atoms with Crippen LogP contribution >= 0.6 is 11.6 Å². The molecule has 2 heterocycles. The average Bonchev–Trinajstić information content (AvgIpc) is 3.44. The molecule has 2 aromatic carbocycles. The van der Waals surface area contributed by atoms with Crippen molar-refractivity contribution in [3.63, 3.8) is 0 Å². The summed E-state index contributed by atoms with van der Waals surface area (Å²) in [6.45, 7) is 0.717. The van der Waals surface area contributed by atoms with Gasteiger partial charge in [-0.3, -0.25) is 9.56 Å². The van der Waals surface area contributed by atoms with Gasteiger partial charge < -0.3 is 5.32 Å². The van der Waals surface area contributed by atoms with Crippen LogP contribution in [0.1, 0.15) is 35.6 Å². The van der Waals surface area contributed by atoms with Crippen molar-refractivity contribution >= 4 is 17.3 Å². The highest BCUT2D eigenvalue weighted by Gasteiger charge is 2.27. The summed E-state index contributed by atoms with van der Waals surface area (Å²) >= 11 is 6.22. The Morgan fingerprint density at radius 2 is 1.89 bits per heavy atom. The molecule has 0 atom stereocenters. The van der Waals surface area contributed by atoms with Gasteiger partial charge in [-0.15, -0.1) is 10.2 Å². The van der Waals surface area contributed by atoms with Gasteiger partial charge in [0.2, 0.25) is 0 Å². The van der Waals surface area contributed by atoms with Crippen molar-refractivity contribution in [2.75, 3.05) is 0 Å². The molecule has 0 unspecified atom stereocenters. The van der Waals surface area contributed by atoms with Gasteiger partial charge in [0.15, 0.2) is 11.6 Å². The molecule has 5 rings (SSSR count). The second kappa shape index (κ2) is 6.76. The zero-order valence-electron chi connectivity index (χ0n) is 14.8. The van der Waals surface area contributed by atoms with E-state index >= 15 is 0 Å². The molecule has 5 nitrogen and oxygen atoms in total. The van der Waals surface area contributed by atoms with Gasteiger partial charge in [0, 0.05) is 16.6 Å². The van der Waals surface area contributed by atoms with Crippen LogP contribution in [-0.2, 0) is 13.1 Å². The summed E-state index contributed by atoms with van der Waals surface area (Å²) in [6, 6.07) is 9.52. The van der Waals surface area contributed by atoms with Crippen LogP contribution in [0, 0.1) is 11.6 Å². The maximum atomic E-state index is 14.5. The van der Waals surface area contributed by atoms with E-state index in [9.17, 15) is 8.78 Å². The summed E-state index contributed by atoms with van der Waals surface area (Å²) in [7, 11) is 0. The first-order valence-electron chi connectivity index (χ1n) is 9.07. The van der Waals surface area contributed by atoms with E-state index in [4.69, 9.17) is 11.6 Å². The van der Waals surface area contributed by atoms with Crippen molar-refractivity contribution in [3.05, 3.63) is 75.8 Å². The molecule has 0 bridgehead atoms. The van der Waals surface area contributed by atoms with Crippen molar-refractivity contribution in [1.29, 1.82) is 0 Å². The molecule has 0 saturated heterocycles. The van der Waals surface area contributed by atoms with E-state index in [1.807, 2.05) is 10.6 Å². The van der Waals surface area contributed by atoms with Crippen LogP contribution in [0.15, 0.2) is 41.4 Å². The van der Waals surface area contributed by atoms with Gasteiger partial charge >= 0.3 is 0 Å². The van der Waals surface area contributed by atoms with E-state index < -0.39 is 11.6 Å². The second-order valence-corrected chi connectivity index (χ2v) is 7.38. The van der Waals surface area contributed by atoms with Gasteiger partial charge in [-0.2, -0.15) is 0 Å². The summed E-state index contributed by atoms with van der Waals surface area (Å²) in [5.41, 5.74) is 1.31. The first-order chi connectivity index (χ1) is 13.6. The van der Waals surface area contributed by atoms with E-state index in [-0.39, 0.29) is 17.8 Å². The maximum Gasteiger partial charge on any atom is 0.159 e. The zero-order chi connectivity index (χ0) is 19.3. The Bertz CT molecular complexity index is 1080. The van der Waals surface area contributed by atoms with E-state index in [1.54, 1.807) is 12.1 Å². The lowest BCUT2D eigenvalue weighted by molar-refractivity contribution is 0.579. The SMILES string of the molecule is Fc1cccc(F)c1C1=NCc2nnc(CNC3CC3)n2-c2ccc(Cl)cc21. The molecule has 142 valence electrons. The monoisotopic (exact) mass is 399 g/mol. The molecule has 0 radical (unpaired) electrons. The zero-order valence-corrected chi connectivity index (χ0v) is 15.5. The number of nitrogens with zero attached hydrogens (tertiary/aromatic N) is 4. The standard InChI is InChI=1S/C20H16ClF2N5/c21-11-4-7-16-13(8-11)20(19-14(22)2-1-3-15(19)23)25-10-18-27-26-17(28(16)18)9-24-12-5-6-12/h1-4,7-8,12,24H,5-6,9-10H2. The maximum absolute atomic E-state index is 14.5. The molecule has 0 spiro atoms. The van der Waals surface area contributed by atoms with Crippen molar-refractivity contribution in [2.45, 2.75) is 32.0 Å². The summed E-state index contributed by atoms with van der Waals surface area (Å²) in [4.78, 5) is 4.49. The minimum absolute atomic E-state index is 0.159. The van der Waals surface area contributed by atoms with Crippen LogP contribution < -0.4 is 5.32 Å². The van der Waals surface area contributed by atoms with Crippen LogP contribution in [0.5, 0.6) is 0 Å². The number of fused-ring (bicyclic) bond motifs is 3. The Labute approximate surface area is 165 Å². The number of aliphatic imine (C=N–C) groups is 1. The number of aromatic nitrogens is 3. The minimum Gasteiger partial charge on any atom is -0.307 e. The molecular weight excluding hydrogens is 384 g/mol. The van der Waals surface area contributed by atoms with E-state index in [2.05, 4.69) is 20.5 Å². The van der Waals surface area contributed by atoms with Gasteiger partial charge in [-0.1, -0.05) is 17.7 Å². The number of nitrogens with one attached hydrogen (secondary N) is 1. The molecule has 1 fully saturated rings. The topological polar surface area (TPSA) is 55.1 Å². The Morgan fingerprint density at radius 3 is 2.64 bits per heavy atom. The summed E-state index contributed by atoms with van der Waals surface area (Å²) in [6.07, 6.45) is 2.32. The highest BCUT2D eigenvalue weighted by Crippen LogP contribution is 2.30. The highest BCUT2D eigenvalue weighted by atomic mass is 35.5. The third kappa shape index (κ3) is 3.00. The number of hydrogen-bond acceptors (Lipinski definition) is 4. The van der Waals surface area contributed by atoms with Crippen molar-refractivity contribution in [1.82, 2.24) is 20.1 Å². The lowest BCUT2D eigenvalue weighted by Crippen LogP contribution is -2.19. The Kier molecular flexibility index (Phi) is 4.21. The minimum atomic E-state index is -0.669. The number of rotatable bonds is 4. The lowest BCUT2D eigenvalue weighted by atomic mass is 9.99. The van der Waals surface area contributed by atoms with Crippen LogP contribution in [-0.4, -0.2) is 26.5 Å². The fraction of sp³-hybridized carbons (Fsp3) is 0.250. The molecule has 1 saturated carbocycles. The quantitative estimate of drug-likeness (QED) is 0.726. The third-order valence-electron chi connectivity index (χ3n) is 4.96. The normalized spacial score (nSPS) is 15.6. The third-order valence-corrected chi connectivity index (χ3v) is 5.19. The Balaban J connectivity index is 1.68. The molecule has 3 aromatic rings. The molecule has 1 aliphatic heterocycles. The molecular formula is C20H16ClF2N5. The number of halogens is 3. The van der Waals surface area contributed by atoms with E-state index in [0.717, 1.165) is 18.7 Å². The highest BCUT2D eigenvalue weighted by molar-refractivity contribution is 6.31. The van der Waals surface area contributed by atoms with Gasteiger partial charge in [0.25, 0.3) is 0 Å². The van der Waals surface area contributed by atoms with Crippen molar-refractivity contribution < 1.29 is 8.78 Å². The predicted octanol–water partition coefficient (Wildman–Crippen LogP) is 3.80. The molecule has 8 heteroatoms. The van der Waals surface area contributed by atoms with Crippen LogP contribution in [0.4, 0.5) is 8.78 Å². The van der Waals surface area contributed by atoms with Crippen LogP contribution in [0.3, 0.4) is 0 Å². The fourth-order valence-corrected chi connectivity index (χ4v) is 3.61. The van der Waals surface area contributed by atoms with Gasteiger partial charge in [-0.25, -0.2) is 8.78 Å². The van der Waals surface area contributed by atoms with Crippen molar-refractivity contribution in [2.24, 2.45) is 4.99 Å². The lowest BCUT2D eigenvalue weighted by Gasteiger charge is -2.15. The van der Waals surface area contributed by atoms with Crippen molar-refractivity contribution in [3.8, 4) is 5.69 Å². The van der Waals surface area contributed by atoms with E-state index in [1.165, 1.54) is 18.2 Å². The van der Waals surface area contributed by atoms with Gasteiger partial charge in [0.05, 0.1) is 23.5 Å². The molecule has 1 aliphatic carbocycles. The first-order valence-corrected chi connectivity index (χ1v) is 9.45. The number of hydrogen-bond donors (Lipinski definition) is 1. The average molecular weight is 400 g/mol. The molecule has 1 N–H and O–H groups in total. The fourth-order valence-electron chi connectivity index (χ4n) is 3.44. The summed E-state index contributed by atoms with van der Waals surface area (Å²) in [5.74, 6) is 0.00905. The number of benzene rings is 2. The van der Waals surface area contributed by atoms with Crippen LogP contribution in [0.2, 0.25) is 5.02 Å². The molecule has 28 heavy (non-hydrogen) atoms. The second-order valence-electron chi connectivity index (χ2n) is 6.95. The van der Waals surface area contributed by atoms with Gasteiger partial charge in [0.1, 0.15) is 18.2 Å². The summed E-state index contributed by atoms with van der Waals surface area (Å²) in [5, 5.41) is 12.4. The first kappa shape index (κ1) is 17.5.